The van der Waals surface area contributed by atoms with Crippen LogP contribution in [0.5, 0.6) is 0 Å². The van der Waals surface area contributed by atoms with Gasteiger partial charge in [0.1, 0.15) is 0 Å². The predicted octanol–water partition coefficient (Wildman–Crippen LogP) is 3.56. The van der Waals surface area contributed by atoms with Gasteiger partial charge in [-0.15, -0.1) is 11.3 Å². The van der Waals surface area contributed by atoms with Crippen LogP contribution in [0, 0.1) is 0 Å². The summed E-state index contributed by atoms with van der Waals surface area (Å²) in [5.41, 5.74) is 0. The maximum atomic E-state index is 5.53. The second-order valence-electron chi connectivity index (χ2n) is 4.28. The molecule has 1 heterocycles. The molecule has 1 aromatic rings. The number of thiophene rings is 1. The molecule has 16 heavy (non-hydrogen) atoms. The molecule has 2 atom stereocenters. The average Bonchev–Trinajstić information content (AvgIpc) is 2.73. The molecule has 2 nitrogen and oxygen atoms in total. The Balaban J connectivity index is 1.84. The van der Waals surface area contributed by atoms with Gasteiger partial charge in [0, 0.05) is 34.4 Å². The molecule has 0 radical (unpaired) electrons. The molecular weight excluding hydrogens is 286 g/mol. The van der Waals surface area contributed by atoms with E-state index in [0.29, 0.717) is 12.1 Å². The van der Waals surface area contributed by atoms with Crippen molar-refractivity contribution in [3.63, 3.8) is 0 Å². The molecule has 0 spiro atoms. The first-order valence-corrected chi connectivity index (χ1v) is 7.46. The number of rotatable bonds is 4. The molecular formula is C12H18BrNOS. The number of hydrogen-bond acceptors (Lipinski definition) is 3. The Morgan fingerprint density at radius 1 is 1.50 bits per heavy atom. The average molecular weight is 304 g/mol. The Kier molecular flexibility index (Phi) is 4.82. The minimum absolute atomic E-state index is 0.400. The first-order valence-electron chi connectivity index (χ1n) is 5.78. The van der Waals surface area contributed by atoms with E-state index in [1.54, 1.807) is 11.3 Å². The first kappa shape index (κ1) is 12.6. The number of halogens is 1. The van der Waals surface area contributed by atoms with Gasteiger partial charge in [-0.05, 0) is 34.8 Å². The first-order chi connectivity index (χ1) is 7.79. The van der Waals surface area contributed by atoms with Crippen molar-refractivity contribution in [2.45, 2.75) is 44.4 Å². The Morgan fingerprint density at radius 3 is 3.00 bits per heavy atom. The molecule has 90 valence electrons. The van der Waals surface area contributed by atoms with Crippen LogP contribution in [-0.2, 0) is 11.3 Å². The van der Waals surface area contributed by atoms with Crippen molar-refractivity contribution in [2.75, 3.05) is 7.11 Å². The molecule has 1 aliphatic carbocycles. The Bertz CT molecular complexity index is 329. The largest absolute Gasteiger partial charge is 0.380 e. The van der Waals surface area contributed by atoms with Gasteiger partial charge >= 0.3 is 0 Å². The SMILES string of the molecule is COC1CCCCC1NCc1cc(Br)cs1. The molecule has 0 aromatic carbocycles. The highest BCUT2D eigenvalue weighted by atomic mass is 79.9. The van der Waals surface area contributed by atoms with Crippen molar-refractivity contribution in [3.8, 4) is 0 Å². The standard InChI is InChI=1S/C12H18BrNOS/c1-15-12-5-3-2-4-11(12)14-7-10-6-9(13)8-16-10/h6,8,11-12,14H,2-5,7H2,1H3. The molecule has 0 saturated heterocycles. The third-order valence-electron chi connectivity index (χ3n) is 3.17. The van der Waals surface area contributed by atoms with Gasteiger partial charge in [0.05, 0.1) is 6.10 Å². The number of ether oxygens (including phenoxy) is 1. The summed E-state index contributed by atoms with van der Waals surface area (Å²) in [5, 5.41) is 5.75. The molecule has 1 aliphatic rings. The lowest BCUT2D eigenvalue weighted by atomic mass is 9.92. The fourth-order valence-electron chi connectivity index (χ4n) is 2.29. The van der Waals surface area contributed by atoms with Gasteiger partial charge in [-0.1, -0.05) is 12.8 Å². The van der Waals surface area contributed by atoms with Crippen LogP contribution >= 0.6 is 27.3 Å². The van der Waals surface area contributed by atoms with Crippen LogP contribution in [-0.4, -0.2) is 19.3 Å². The van der Waals surface area contributed by atoms with Crippen LogP contribution in [0.15, 0.2) is 15.9 Å². The maximum absolute atomic E-state index is 5.53. The zero-order valence-corrected chi connectivity index (χ0v) is 11.9. The summed E-state index contributed by atoms with van der Waals surface area (Å²) in [6, 6.07) is 2.71. The van der Waals surface area contributed by atoms with Crippen LogP contribution in [0.4, 0.5) is 0 Å². The van der Waals surface area contributed by atoms with E-state index >= 15 is 0 Å². The molecule has 0 aliphatic heterocycles. The molecule has 0 bridgehead atoms. The molecule has 1 N–H and O–H groups in total. The minimum Gasteiger partial charge on any atom is -0.380 e. The van der Waals surface area contributed by atoms with Crippen molar-refractivity contribution in [1.29, 1.82) is 0 Å². The molecule has 0 amide bonds. The second-order valence-corrected chi connectivity index (χ2v) is 6.19. The zero-order valence-electron chi connectivity index (χ0n) is 9.54. The molecule has 1 aromatic heterocycles. The third kappa shape index (κ3) is 3.29. The smallest absolute Gasteiger partial charge is 0.0724 e. The molecule has 4 heteroatoms. The lowest BCUT2D eigenvalue weighted by Gasteiger charge is -2.31. The summed E-state index contributed by atoms with van der Waals surface area (Å²) in [6.07, 6.45) is 5.47. The van der Waals surface area contributed by atoms with Crippen LogP contribution in [0.3, 0.4) is 0 Å². The normalized spacial score (nSPS) is 25.9. The Hall–Kier alpha value is 0.1000. The Morgan fingerprint density at radius 2 is 2.31 bits per heavy atom. The Labute approximate surface area is 110 Å². The van der Waals surface area contributed by atoms with E-state index in [4.69, 9.17) is 4.74 Å². The van der Waals surface area contributed by atoms with Crippen LogP contribution in [0.1, 0.15) is 30.6 Å². The minimum atomic E-state index is 0.400. The van der Waals surface area contributed by atoms with Gasteiger partial charge < -0.3 is 10.1 Å². The topological polar surface area (TPSA) is 21.3 Å². The quantitative estimate of drug-likeness (QED) is 0.918. The van der Waals surface area contributed by atoms with Crippen molar-refractivity contribution in [1.82, 2.24) is 5.32 Å². The summed E-state index contributed by atoms with van der Waals surface area (Å²) in [5.74, 6) is 0. The fraction of sp³-hybridized carbons (Fsp3) is 0.667. The van der Waals surface area contributed by atoms with Crippen molar-refractivity contribution < 1.29 is 4.74 Å². The predicted molar refractivity (Wildman–Crippen MR) is 71.9 cm³/mol. The lowest BCUT2D eigenvalue weighted by Crippen LogP contribution is -2.42. The second kappa shape index (κ2) is 6.15. The summed E-state index contributed by atoms with van der Waals surface area (Å²) in [4.78, 5) is 1.38. The van der Waals surface area contributed by atoms with E-state index in [2.05, 4.69) is 32.7 Å². The van der Waals surface area contributed by atoms with Crippen LogP contribution < -0.4 is 5.32 Å². The number of hydrogen-bond donors (Lipinski definition) is 1. The van der Waals surface area contributed by atoms with Crippen molar-refractivity contribution in [3.05, 3.63) is 20.8 Å². The van der Waals surface area contributed by atoms with Gasteiger partial charge in [0.25, 0.3) is 0 Å². The van der Waals surface area contributed by atoms with Crippen LogP contribution in [0.2, 0.25) is 0 Å². The summed E-state index contributed by atoms with van der Waals surface area (Å²) in [7, 11) is 1.83. The molecule has 1 fully saturated rings. The third-order valence-corrected chi connectivity index (χ3v) is 4.86. The highest BCUT2D eigenvalue weighted by Crippen LogP contribution is 2.23. The van der Waals surface area contributed by atoms with E-state index in [1.165, 1.54) is 35.0 Å². The summed E-state index contributed by atoms with van der Waals surface area (Å²) >= 11 is 5.28. The molecule has 2 unspecified atom stereocenters. The highest BCUT2D eigenvalue weighted by molar-refractivity contribution is 9.10. The van der Waals surface area contributed by atoms with Gasteiger partial charge in [0.15, 0.2) is 0 Å². The van der Waals surface area contributed by atoms with Gasteiger partial charge in [-0.2, -0.15) is 0 Å². The van der Waals surface area contributed by atoms with E-state index in [1.807, 2.05) is 7.11 Å². The van der Waals surface area contributed by atoms with Crippen LogP contribution in [0.25, 0.3) is 0 Å². The monoisotopic (exact) mass is 303 g/mol. The highest BCUT2D eigenvalue weighted by Gasteiger charge is 2.24. The van der Waals surface area contributed by atoms with E-state index in [-0.39, 0.29) is 0 Å². The number of nitrogens with one attached hydrogen (secondary N) is 1. The van der Waals surface area contributed by atoms with Crippen molar-refractivity contribution in [2.24, 2.45) is 0 Å². The van der Waals surface area contributed by atoms with E-state index in [0.717, 1.165) is 6.54 Å². The lowest BCUT2D eigenvalue weighted by molar-refractivity contribution is 0.0414. The summed E-state index contributed by atoms with van der Waals surface area (Å²) in [6.45, 7) is 0.959. The molecule has 1 saturated carbocycles. The fourth-order valence-corrected chi connectivity index (χ4v) is 3.69. The van der Waals surface area contributed by atoms with Crippen molar-refractivity contribution >= 4 is 27.3 Å². The van der Waals surface area contributed by atoms with Gasteiger partial charge in [-0.25, -0.2) is 0 Å². The van der Waals surface area contributed by atoms with Gasteiger partial charge in [0.2, 0.25) is 0 Å². The number of methoxy groups -OCH3 is 1. The summed E-state index contributed by atoms with van der Waals surface area (Å²) < 4.78 is 6.71. The maximum Gasteiger partial charge on any atom is 0.0724 e. The zero-order chi connectivity index (χ0) is 11.4. The van der Waals surface area contributed by atoms with E-state index < -0.39 is 0 Å². The van der Waals surface area contributed by atoms with Gasteiger partial charge in [-0.3, -0.25) is 0 Å². The molecule has 2 rings (SSSR count). The van der Waals surface area contributed by atoms with E-state index in [9.17, 15) is 0 Å².